The van der Waals surface area contributed by atoms with Gasteiger partial charge in [-0.25, -0.2) is 0 Å². The zero-order chi connectivity index (χ0) is 37.1. The number of carbonyl (C=O) groups is 1. The first-order valence-corrected chi connectivity index (χ1v) is 21.1. The van der Waals surface area contributed by atoms with Gasteiger partial charge in [-0.3, -0.25) is 24.6 Å². The summed E-state index contributed by atoms with van der Waals surface area (Å²) >= 11 is 0. The van der Waals surface area contributed by atoms with Crippen molar-refractivity contribution in [2.75, 3.05) is 13.3 Å². The van der Waals surface area contributed by atoms with E-state index in [4.69, 9.17) is 18.5 Å². The van der Waals surface area contributed by atoms with E-state index in [1.807, 2.05) is 152 Å². The molecule has 0 radical (unpaired) electrons. The third kappa shape index (κ3) is 6.82. The Morgan fingerprint density at radius 3 is 1.46 bits per heavy atom. The molecule has 6 aromatic rings. The van der Waals surface area contributed by atoms with Crippen LogP contribution in [0.2, 0.25) is 0 Å². The van der Waals surface area contributed by atoms with Crippen molar-refractivity contribution in [3.63, 3.8) is 0 Å². The molecule has 5 atom stereocenters. The number of para-hydroxylation sites is 2. The molecule has 0 aliphatic carbocycles. The average Bonchev–Trinajstić information content (AvgIpc) is 3.20. The Morgan fingerprint density at radius 1 is 0.556 bits per heavy atom. The van der Waals surface area contributed by atoms with E-state index in [9.17, 15) is 4.79 Å². The number of nitrogens with one attached hydrogen (secondary N) is 2. The highest BCUT2D eigenvalue weighted by Gasteiger charge is 2.45. The lowest BCUT2D eigenvalue weighted by Crippen LogP contribution is -2.36. The highest BCUT2D eigenvalue weighted by Crippen LogP contribution is 2.63. The van der Waals surface area contributed by atoms with Gasteiger partial charge in [0.05, 0.1) is 17.2 Å². The third-order valence-corrected chi connectivity index (χ3v) is 14.9. The second kappa shape index (κ2) is 15.2. The molecule has 6 aromatic carbocycles. The number of hydrogen-bond acceptors (Lipinski definition) is 9. The van der Waals surface area contributed by atoms with Crippen molar-refractivity contribution in [2.24, 2.45) is 0 Å². The first kappa shape index (κ1) is 35.7. The summed E-state index contributed by atoms with van der Waals surface area (Å²) in [4.78, 5) is 13.3. The summed E-state index contributed by atoms with van der Waals surface area (Å²) in [5, 5.41) is 7.66. The van der Waals surface area contributed by atoms with Crippen LogP contribution >= 0.6 is 14.7 Å². The van der Waals surface area contributed by atoms with Crippen LogP contribution in [0.4, 0.5) is 0 Å². The maximum absolute atomic E-state index is 15.1. The fraction of sp³-hybridized carbons (Fsp3) is 0.140. The molecule has 272 valence electrons. The van der Waals surface area contributed by atoms with E-state index < -0.39 is 38.6 Å². The van der Waals surface area contributed by atoms with Crippen LogP contribution in [0.5, 0.6) is 11.5 Å². The quantitative estimate of drug-likeness (QED) is 0.0719. The van der Waals surface area contributed by atoms with E-state index in [1.54, 1.807) is 13.0 Å². The van der Waals surface area contributed by atoms with Gasteiger partial charge in [-0.15, -0.1) is 0 Å². The van der Waals surface area contributed by atoms with Gasteiger partial charge in [0, 0.05) is 11.1 Å². The highest BCUT2D eigenvalue weighted by atomic mass is 31.2. The molecule has 9 nitrogen and oxygen atoms in total. The van der Waals surface area contributed by atoms with Gasteiger partial charge in [0.1, 0.15) is 29.8 Å². The number of ether oxygens (including phenoxy) is 2. The molecule has 5 unspecified atom stereocenters. The van der Waals surface area contributed by atoms with E-state index >= 15 is 9.13 Å². The fourth-order valence-corrected chi connectivity index (χ4v) is 12.4. The predicted octanol–water partition coefficient (Wildman–Crippen LogP) is 8.75. The molecule has 0 bridgehead atoms. The predicted molar refractivity (Wildman–Crippen MR) is 211 cm³/mol. The summed E-state index contributed by atoms with van der Waals surface area (Å²) in [7, 11) is -7.30. The minimum Gasteiger partial charge on any atom is -0.438 e. The van der Waals surface area contributed by atoms with Gasteiger partial charge in [-0.2, -0.15) is 0 Å². The molecule has 2 heterocycles. The molecule has 0 saturated carbocycles. The summed E-state index contributed by atoms with van der Waals surface area (Å²) < 4.78 is 54.5. The van der Waals surface area contributed by atoms with Gasteiger partial charge in [0.2, 0.25) is 6.29 Å². The fourth-order valence-electron chi connectivity index (χ4n) is 7.08. The molecular formula is C43H38N2O7P2. The summed E-state index contributed by atoms with van der Waals surface area (Å²) in [5.41, 5.74) is 4.86. The maximum atomic E-state index is 15.1. The lowest BCUT2D eigenvalue weighted by molar-refractivity contribution is -0.175. The first-order chi connectivity index (χ1) is 26.3. The zero-order valence-electron chi connectivity index (χ0n) is 29.4. The molecule has 54 heavy (non-hydrogen) atoms. The Hall–Kier alpha value is -5.27. The molecule has 0 spiro atoms. The number of hydrogen-bond donors (Lipinski definition) is 2. The Balaban J connectivity index is 0.968. The van der Waals surface area contributed by atoms with Crippen LogP contribution < -0.4 is 30.3 Å². The SMILES string of the molecule is CC(OCNC(c1ccccc1)P1(=O)Oc2ccccc2-c2ccccc21)OC(=O)CNC(c1ccccc1)P1(=O)Oc2ccccc2-c2ccccc21. The summed E-state index contributed by atoms with van der Waals surface area (Å²) in [6.07, 6.45) is -0.978. The Kier molecular flexibility index (Phi) is 10.1. The maximum Gasteiger partial charge on any atom is 0.322 e. The smallest absolute Gasteiger partial charge is 0.322 e. The topological polar surface area (TPSA) is 112 Å². The van der Waals surface area contributed by atoms with E-state index in [0.717, 1.165) is 27.8 Å². The van der Waals surface area contributed by atoms with Gasteiger partial charge in [-0.05, 0) is 53.4 Å². The molecule has 11 heteroatoms. The molecule has 0 fully saturated rings. The Bertz CT molecular complexity index is 2390. The van der Waals surface area contributed by atoms with E-state index in [0.29, 0.717) is 27.7 Å². The van der Waals surface area contributed by atoms with E-state index in [-0.39, 0.29) is 13.3 Å². The van der Waals surface area contributed by atoms with Crippen molar-refractivity contribution >= 4 is 31.3 Å². The van der Waals surface area contributed by atoms with Crippen LogP contribution in [0, 0.1) is 0 Å². The third-order valence-electron chi connectivity index (χ3n) is 9.54. The average molecular weight is 757 g/mol. The summed E-state index contributed by atoms with van der Waals surface area (Å²) in [5.74, 6) is -1.19. The number of rotatable bonds is 12. The lowest BCUT2D eigenvalue weighted by atomic mass is 10.0. The first-order valence-electron chi connectivity index (χ1n) is 17.7. The summed E-state index contributed by atoms with van der Waals surface area (Å²) in [6, 6.07) is 48.9. The van der Waals surface area contributed by atoms with Crippen molar-refractivity contribution in [3.05, 3.63) is 169 Å². The monoisotopic (exact) mass is 756 g/mol. The molecule has 8 rings (SSSR count). The molecule has 2 N–H and O–H groups in total. The molecule has 2 aliphatic rings. The van der Waals surface area contributed by atoms with Crippen LogP contribution in [0.25, 0.3) is 22.3 Å². The van der Waals surface area contributed by atoms with E-state index in [1.165, 1.54) is 0 Å². The van der Waals surface area contributed by atoms with Gasteiger partial charge in [0.25, 0.3) is 14.7 Å². The number of fused-ring (bicyclic) bond motifs is 6. The minimum absolute atomic E-state index is 0.107. The van der Waals surface area contributed by atoms with Gasteiger partial charge >= 0.3 is 5.97 Å². The van der Waals surface area contributed by atoms with Crippen LogP contribution in [0.3, 0.4) is 0 Å². The van der Waals surface area contributed by atoms with E-state index in [2.05, 4.69) is 10.6 Å². The van der Waals surface area contributed by atoms with Crippen molar-refractivity contribution in [2.45, 2.75) is 24.8 Å². The van der Waals surface area contributed by atoms with Crippen molar-refractivity contribution < 1.29 is 32.4 Å². The lowest BCUT2D eigenvalue weighted by Gasteiger charge is -2.34. The second-order valence-corrected chi connectivity index (χ2v) is 17.7. The second-order valence-electron chi connectivity index (χ2n) is 13.0. The van der Waals surface area contributed by atoms with Crippen LogP contribution in [-0.4, -0.2) is 25.5 Å². The van der Waals surface area contributed by atoms with Crippen molar-refractivity contribution in [3.8, 4) is 33.8 Å². The number of esters is 1. The Morgan fingerprint density at radius 2 is 0.963 bits per heavy atom. The van der Waals surface area contributed by atoms with Crippen LogP contribution in [0.1, 0.15) is 29.6 Å². The van der Waals surface area contributed by atoms with Crippen LogP contribution in [0.15, 0.2) is 158 Å². The molecule has 0 aromatic heterocycles. The van der Waals surface area contributed by atoms with Gasteiger partial charge in [-0.1, -0.05) is 133 Å². The van der Waals surface area contributed by atoms with Gasteiger partial charge < -0.3 is 18.5 Å². The largest absolute Gasteiger partial charge is 0.438 e. The molecule has 2 aliphatic heterocycles. The zero-order valence-corrected chi connectivity index (χ0v) is 31.2. The minimum atomic E-state index is -3.68. The normalized spacial score (nSPS) is 19.6. The molecule has 0 amide bonds. The number of benzene rings is 6. The van der Waals surface area contributed by atoms with Crippen LogP contribution in [-0.2, 0) is 23.4 Å². The standard InChI is InChI=1S/C43H38N2O7P2/c1-30(49-29-45-43(32-18-6-3-7-19-32)54(48)40-27-15-11-23-36(40)34-21-9-13-25-38(34)52-54)50-41(46)28-44-42(31-16-4-2-5-17-31)53(47)39-26-14-10-22-35(39)33-20-8-12-24-37(33)51-53/h2-27,30,42-45H,28-29H2,1H3. The van der Waals surface area contributed by atoms with Crippen molar-refractivity contribution in [1.82, 2.24) is 10.6 Å². The summed E-state index contributed by atoms with van der Waals surface area (Å²) in [6.45, 7) is 1.23. The van der Waals surface area contributed by atoms with Gasteiger partial charge in [0.15, 0.2) is 0 Å². The van der Waals surface area contributed by atoms with Crippen molar-refractivity contribution in [1.29, 1.82) is 0 Å². The highest BCUT2D eigenvalue weighted by molar-refractivity contribution is 7.68. The number of carbonyl (C=O) groups excluding carboxylic acids is 1. The molecule has 0 saturated heterocycles. The molecular weight excluding hydrogens is 718 g/mol. The Labute approximate surface area is 314 Å².